The largest absolute Gasteiger partial charge is 0.481 e. The Labute approximate surface area is 135 Å². The van der Waals surface area contributed by atoms with Crippen LogP contribution >= 0.6 is 0 Å². The smallest absolute Gasteiger partial charge is 0.224 e. The van der Waals surface area contributed by atoms with E-state index in [4.69, 9.17) is 4.74 Å². The lowest BCUT2D eigenvalue weighted by molar-refractivity contribution is -0.116. The molecule has 1 N–H and O–H groups in total. The fourth-order valence-corrected chi connectivity index (χ4v) is 2.14. The molecule has 2 rings (SSSR count). The number of unbranched alkanes of at least 4 members (excludes halogenated alkanes) is 1. The Balaban J connectivity index is 1.67. The van der Waals surface area contributed by atoms with E-state index in [0.29, 0.717) is 37.3 Å². The summed E-state index contributed by atoms with van der Waals surface area (Å²) in [4.78, 5) is 27.8. The summed E-state index contributed by atoms with van der Waals surface area (Å²) < 4.78 is 4.96. The highest BCUT2D eigenvalue weighted by Crippen LogP contribution is 2.12. The summed E-state index contributed by atoms with van der Waals surface area (Å²) in [5.74, 6) is 0.539. The minimum atomic E-state index is -0.0795. The average molecular weight is 312 g/mol. The van der Waals surface area contributed by atoms with E-state index in [2.05, 4.69) is 10.3 Å². The second-order valence-corrected chi connectivity index (χ2v) is 5.13. The molecule has 0 fully saturated rings. The van der Waals surface area contributed by atoms with Crippen LogP contribution in [0.3, 0.4) is 0 Å². The van der Waals surface area contributed by atoms with Crippen LogP contribution in [0.4, 0.5) is 5.69 Å². The highest BCUT2D eigenvalue weighted by atomic mass is 16.5. The second-order valence-electron chi connectivity index (χ2n) is 5.13. The summed E-state index contributed by atoms with van der Waals surface area (Å²) in [6.07, 6.45) is 3.77. The first-order chi connectivity index (χ1) is 11.2. The van der Waals surface area contributed by atoms with Crippen LogP contribution in [-0.4, -0.2) is 23.8 Å². The van der Waals surface area contributed by atoms with E-state index in [-0.39, 0.29) is 11.7 Å². The summed E-state index contributed by atoms with van der Waals surface area (Å²) in [6, 6.07) is 12.6. The summed E-state index contributed by atoms with van der Waals surface area (Å²) in [6.45, 7) is 0. The molecule has 2 aromatic rings. The van der Waals surface area contributed by atoms with E-state index < -0.39 is 0 Å². The van der Waals surface area contributed by atoms with Crippen molar-refractivity contribution in [2.75, 3.05) is 12.4 Å². The molecule has 0 radical (unpaired) electrons. The van der Waals surface area contributed by atoms with E-state index >= 15 is 0 Å². The fourth-order valence-electron chi connectivity index (χ4n) is 2.14. The number of carbonyl (C=O) groups excluding carboxylic acids is 2. The Bertz CT molecular complexity index is 639. The molecule has 0 atom stereocenters. The van der Waals surface area contributed by atoms with E-state index in [1.807, 2.05) is 30.3 Å². The summed E-state index contributed by atoms with van der Waals surface area (Å²) in [5, 5.41) is 2.77. The maximum absolute atomic E-state index is 11.9. The molecule has 0 aliphatic carbocycles. The van der Waals surface area contributed by atoms with Crippen LogP contribution < -0.4 is 10.1 Å². The molecule has 1 aromatic carbocycles. The number of benzene rings is 1. The van der Waals surface area contributed by atoms with Crippen molar-refractivity contribution in [2.45, 2.75) is 25.7 Å². The molecule has 1 amide bonds. The molecule has 0 aliphatic heterocycles. The zero-order chi connectivity index (χ0) is 16.5. The molecule has 0 spiro atoms. The third-order valence-electron chi connectivity index (χ3n) is 3.38. The molecular weight excluding hydrogens is 292 g/mol. The van der Waals surface area contributed by atoms with E-state index in [1.54, 1.807) is 18.3 Å². The van der Waals surface area contributed by atoms with E-state index in [1.165, 1.54) is 7.11 Å². The molecule has 1 heterocycles. The molecule has 0 saturated carbocycles. The van der Waals surface area contributed by atoms with Crippen molar-refractivity contribution in [3.05, 3.63) is 54.2 Å². The third kappa shape index (κ3) is 5.54. The van der Waals surface area contributed by atoms with Crippen molar-refractivity contribution in [3.63, 3.8) is 0 Å². The van der Waals surface area contributed by atoms with Gasteiger partial charge < -0.3 is 10.1 Å². The Morgan fingerprint density at radius 3 is 2.43 bits per heavy atom. The monoisotopic (exact) mass is 312 g/mol. The van der Waals surface area contributed by atoms with E-state index in [0.717, 1.165) is 5.56 Å². The first-order valence-electron chi connectivity index (χ1n) is 7.57. The number of Topliss-reactive ketones (excluding diaryl/α,β-unsaturated/α-hetero) is 1. The van der Waals surface area contributed by atoms with Gasteiger partial charge in [-0.2, -0.15) is 0 Å². The molecule has 5 heteroatoms. The predicted octanol–water partition coefficient (Wildman–Crippen LogP) is 3.47. The molecule has 5 nitrogen and oxygen atoms in total. The number of pyridine rings is 1. The summed E-state index contributed by atoms with van der Waals surface area (Å²) >= 11 is 0. The van der Waals surface area contributed by atoms with Crippen molar-refractivity contribution < 1.29 is 14.3 Å². The second kappa shape index (κ2) is 8.68. The number of nitrogens with zero attached hydrogens (tertiary/aromatic N) is 1. The Morgan fingerprint density at radius 1 is 1.04 bits per heavy atom. The third-order valence-corrected chi connectivity index (χ3v) is 3.38. The first-order valence-corrected chi connectivity index (χ1v) is 7.57. The zero-order valence-corrected chi connectivity index (χ0v) is 13.1. The van der Waals surface area contributed by atoms with E-state index in [9.17, 15) is 9.59 Å². The molecule has 1 aromatic heterocycles. The van der Waals surface area contributed by atoms with Crippen LogP contribution in [0.5, 0.6) is 5.88 Å². The van der Waals surface area contributed by atoms with Crippen molar-refractivity contribution >= 4 is 17.4 Å². The summed E-state index contributed by atoms with van der Waals surface area (Å²) in [7, 11) is 1.54. The number of hydrogen-bond donors (Lipinski definition) is 1. The maximum atomic E-state index is 11.9. The van der Waals surface area contributed by atoms with Gasteiger partial charge >= 0.3 is 0 Å². The van der Waals surface area contributed by atoms with Crippen LogP contribution in [0.2, 0.25) is 0 Å². The molecule has 23 heavy (non-hydrogen) atoms. The van der Waals surface area contributed by atoms with Gasteiger partial charge in [-0.15, -0.1) is 0 Å². The number of nitrogens with one attached hydrogen (secondary N) is 1. The van der Waals surface area contributed by atoms with Gasteiger partial charge in [0, 0.05) is 24.5 Å². The highest BCUT2D eigenvalue weighted by Gasteiger charge is 2.07. The van der Waals surface area contributed by atoms with Gasteiger partial charge in [0.2, 0.25) is 11.8 Å². The lowest BCUT2D eigenvalue weighted by Crippen LogP contribution is -2.11. The predicted molar refractivity (Wildman–Crippen MR) is 88.7 cm³/mol. The normalized spacial score (nSPS) is 10.1. The van der Waals surface area contributed by atoms with Gasteiger partial charge in [0.25, 0.3) is 0 Å². The Hall–Kier alpha value is -2.69. The number of hydrogen-bond acceptors (Lipinski definition) is 4. The van der Waals surface area contributed by atoms with Crippen molar-refractivity contribution in [3.8, 4) is 5.88 Å². The maximum Gasteiger partial charge on any atom is 0.224 e. The number of ketones is 1. The Morgan fingerprint density at radius 2 is 1.78 bits per heavy atom. The molecule has 120 valence electrons. The van der Waals surface area contributed by atoms with Gasteiger partial charge in [0.1, 0.15) is 0 Å². The van der Waals surface area contributed by atoms with Crippen molar-refractivity contribution in [1.82, 2.24) is 4.98 Å². The van der Waals surface area contributed by atoms with Gasteiger partial charge in [0.15, 0.2) is 5.78 Å². The van der Waals surface area contributed by atoms with Gasteiger partial charge in [-0.1, -0.05) is 30.3 Å². The standard InChI is InChI=1S/C18H20N2O3/c1-23-18-12-11-15(13-19-18)20-17(22)10-6-5-9-16(21)14-7-3-2-4-8-14/h2-4,7-8,11-13H,5-6,9-10H2,1H3,(H,20,22). The molecule has 0 saturated heterocycles. The number of aromatic nitrogens is 1. The van der Waals surface area contributed by atoms with Crippen molar-refractivity contribution in [1.29, 1.82) is 0 Å². The van der Waals surface area contributed by atoms with Crippen LogP contribution in [-0.2, 0) is 4.79 Å². The molecule has 0 unspecified atom stereocenters. The number of amides is 1. The van der Waals surface area contributed by atoms with Gasteiger partial charge in [0.05, 0.1) is 19.0 Å². The number of anilines is 1. The van der Waals surface area contributed by atoms with Crippen LogP contribution in [0.15, 0.2) is 48.7 Å². The van der Waals surface area contributed by atoms with Crippen LogP contribution in [0.1, 0.15) is 36.0 Å². The lowest BCUT2D eigenvalue weighted by Gasteiger charge is -2.05. The fraction of sp³-hybridized carbons (Fsp3) is 0.278. The number of ether oxygens (including phenoxy) is 1. The first kappa shape index (κ1) is 16.7. The minimum absolute atomic E-state index is 0.0795. The van der Waals surface area contributed by atoms with Crippen LogP contribution in [0, 0.1) is 0 Å². The van der Waals surface area contributed by atoms with Gasteiger partial charge in [-0.05, 0) is 18.9 Å². The SMILES string of the molecule is COc1ccc(NC(=O)CCCCC(=O)c2ccccc2)cn1. The number of carbonyl (C=O) groups is 2. The minimum Gasteiger partial charge on any atom is -0.481 e. The van der Waals surface area contributed by atoms with Crippen LogP contribution in [0.25, 0.3) is 0 Å². The van der Waals surface area contributed by atoms with Gasteiger partial charge in [-0.3, -0.25) is 9.59 Å². The quantitative estimate of drug-likeness (QED) is 0.598. The molecule has 0 aliphatic rings. The van der Waals surface area contributed by atoms with Gasteiger partial charge in [-0.25, -0.2) is 4.98 Å². The zero-order valence-electron chi connectivity index (χ0n) is 13.1. The lowest BCUT2D eigenvalue weighted by atomic mass is 10.0. The average Bonchev–Trinajstić information content (AvgIpc) is 2.60. The molecular formula is C18H20N2O3. The topological polar surface area (TPSA) is 68.3 Å². The highest BCUT2D eigenvalue weighted by molar-refractivity contribution is 5.96. The summed E-state index contributed by atoms with van der Waals surface area (Å²) in [5.41, 5.74) is 1.36. The number of rotatable bonds is 8. The Kier molecular flexibility index (Phi) is 6.29. The molecule has 0 bridgehead atoms. The number of methoxy groups -OCH3 is 1. The van der Waals surface area contributed by atoms with Crippen molar-refractivity contribution in [2.24, 2.45) is 0 Å².